The highest BCUT2D eigenvalue weighted by atomic mass is 16.6. The van der Waals surface area contributed by atoms with E-state index in [1.54, 1.807) is 33.8 Å². The first-order valence-corrected chi connectivity index (χ1v) is 10.4. The van der Waals surface area contributed by atoms with Crippen LogP contribution in [0.15, 0.2) is 24.3 Å². The van der Waals surface area contributed by atoms with Crippen LogP contribution >= 0.6 is 0 Å². The van der Waals surface area contributed by atoms with Crippen LogP contribution in [0.25, 0.3) is 0 Å². The molecule has 6 atom stereocenters. The summed E-state index contributed by atoms with van der Waals surface area (Å²) in [5.74, 6) is -0.883. The number of aliphatic hydroxyl groups excluding tert-OH is 1. The Balaban J connectivity index is 2.33. The van der Waals surface area contributed by atoms with Crippen LogP contribution in [0.5, 0.6) is 0 Å². The van der Waals surface area contributed by atoms with Gasteiger partial charge >= 0.3 is 5.97 Å². The van der Waals surface area contributed by atoms with Crippen LogP contribution in [-0.2, 0) is 19.1 Å². The molecule has 2 aliphatic carbocycles. The molecule has 0 unspecified atom stereocenters. The van der Waals surface area contributed by atoms with E-state index in [0.29, 0.717) is 12.8 Å². The Bertz CT molecular complexity index is 784. The lowest BCUT2D eigenvalue weighted by Crippen LogP contribution is -2.81. The van der Waals surface area contributed by atoms with Crippen molar-refractivity contribution >= 4 is 11.8 Å². The summed E-state index contributed by atoms with van der Waals surface area (Å²) in [4.78, 5) is 25.8. The standard InChI is InChI=1S/C23H34O6/c1-8-18(26)28-17-12-14-19(3,4)11-10-15(24)21(14,6)23(27)16(25)13-20(5,9-2)29-22(17,23)7/h9,12,15,17,24,27H,2,8,10-11,13H2,1,3-7H3/t15-,17-,20-,21+,22+,23-/m0/s1. The molecule has 2 fully saturated rings. The maximum Gasteiger partial charge on any atom is 0.306 e. The molecule has 2 N–H and O–H groups in total. The molecular formula is C23H34O6. The highest BCUT2D eigenvalue weighted by Crippen LogP contribution is 2.64. The van der Waals surface area contributed by atoms with E-state index in [4.69, 9.17) is 9.47 Å². The molecule has 0 aromatic carbocycles. The van der Waals surface area contributed by atoms with Crippen molar-refractivity contribution in [2.24, 2.45) is 10.8 Å². The number of Topliss-reactive ketones (excluding diaryl/α,β-unsaturated/α-hetero) is 1. The zero-order chi connectivity index (χ0) is 22.0. The molecule has 6 nitrogen and oxygen atoms in total. The largest absolute Gasteiger partial charge is 0.455 e. The first-order valence-electron chi connectivity index (χ1n) is 10.4. The summed E-state index contributed by atoms with van der Waals surface area (Å²) >= 11 is 0. The minimum Gasteiger partial charge on any atom is -0.455 e. The van der Waals surface area contributed by atoms with Crippen LogP contribution < -0.4 is 0 Å². The van der Waals surface area contributed by atoms with Gasteiger partial charge in [-0.25, -0.2) is 0 Å². The van der Waals surface area contributed by atoms with Gasteiger partial charge in [0.15, 0.2) is 17.5 Å². The van der Waals surface area contributed by atoms with Crippen LogP contribution in [0, 0.1) is 10.8 Å². The molecule has 1 saturated carbocycles. The molecule has 3 aliphatic rings. The van der Waals surface area contributed by atoms with Crippen LogP contribution in [-0.4, -0.2) is 51.0 Å². The maximum atomic E-state index is 13.6. The molecule has 0 aromatic rings. The summed E-state index contributed by atoms with van der Waals surface area (Å²) in [7, 11) is 0. The molecule has 1 aliphatic heterocycles. The fourth-order valence-corrected chi connectivity index (χ4v) is 5.82. The second-order valence-electron chi connectivity index (χ2n) is 10.0. The van der Waals surface area contributed by atoms with E-state index in [9.17, 15) is 19.8 Å². The van der Waals surface area contributed by atoms with Gasteiger partial charge < -0.3 is 19.7 Å². The number of hydrogen-bond donors (Lipinski definition) is 2. The van der Waals surface area contributed by atoms with E-state index in [-0.39, 0.29) is 18.3 Å². The number of carbonyl (C=O) groups excluding carboxylic acids is 2. The Kier molecular flexibility index (Phi) is 4.97. The van der Waals surface area contributed by atoms with Crippen molar-refractivity contribution in [2.75, 3.05) is 0 Å². The molecule has 1 saturated heterocycles. The van der Waals surface area contributed by atoms with Gasteiger partial charge in [0.2, 0.25) is 0 Å². The first kappa shape index (κ1) is 22.2. The normalized spacial score (nSPS) is 46.2. The van der Waals surface area contributed by atoms with Crippen LogP contribution in [0.4, 0.5) is 0 Å². The lowest BCUT2D eigenvalue weighted by atomic mass is 9.44. The summed E-state index contributed by atoms with van der Waals surface area (Å²) in [6.07, 6.45) is 2.65. The lowest BCUT2D eigenvalue weighted by Gasteiger charge is -2.66. The lowest BCUT2D eigenvalue weighted by molar-refractivity contribution is -0.305. The number of fused-ring (bicyclic) bond motifs is 3. The van der Waals surface area contributed by atoms with Crippen LogP contribution in [0.3, 0.4) is 0 Å². The molecule has 0 bridgehead atoms. The van der Waals surface area contributed by atoms with Crippen LogP contribution in [0.2, 0.25) is 0 Å². The Labute approximate surface area is 173 Å². The highest BCUT2D eigenvalue weighted by Gasteiger charge is 2.76. The van der Waals surface area contributed by atoms with Gasteiger partial charge in [-0.2, -0.15) is 0 Å². The number of ketones is 1. The van der Waals surface area contributed by atoms with Crippen LogP contribution in [0.1, 0.15) is 67.2 Å². The molecule has 0 spiro atoms. The zero-order valence-electron chi connectivity index (χ0n) is 18.4. The summed E-state index contributed by atoms with van der Waals surface area (Å²) in [5, 5.41) is 23.3. The number of carbonyl (C=O) groups is 2. The number of rotatable bonds is 3. The Morgan fingerprint density at radius 3 is 2.52 bits per heavy atom. The smallest absolute Gasteiger partial charge is 0.306 e. The Morgan fingerprint density at radius 1 is 1.34 bits per heavy atom. The number of esters is 1. The summed E-state index contributed by atoms with van der Waals surface area (Å²) in [6, 6.07) is 0. The highest BCUT2D eigenvalue weighted by molar-refractivity contribution is 5.93. The molecule has 0 aromatic heterocycles. The van der Waals surface area contributed by atoms with Crippen molar-refractivity contribution in [3.05, 3.63) is 24.3 Å². The number of ether oxygens (including phenoxy) is 2. The molecular weight excluding hydrogens is 372 g/mol. The monoisotopic (exact) mass is 406 g/mol. The van der Waals surface area contributed by atoms with Crippen molar-refractivity contribution in [1.82, 2.24) is 0 Å². The fraction of sp³-hybridized carbons (Fsp3) is 0.739. The predicted octanol–water partition coefficient (Wildman–Crippen LogP) is 2.86. The van der Waals surface area contributed by atoms with Gasteiger partial charge in [0, 0.05) is 12.8 Å². The number of aliphatic hydroxyl groups is 2. The van der Waals surface area contributed by atoms with E-state index in [1.807, 2.05) is 13.8 Å². The maximum absolute atomic E-state index is 13.6. The fourth-order valence-electron chi connectivity index (χ4n) is 5.82. The van der Waals surface area contributed by atoms with Gasteiger partial charge in [0.25, 0.3) is 0 Å². The second kappa shape index (κ2) is 6.50. The Morgan fingerprint density at radius 2 is 1.97 bits per heavy atom. The predicted molar refractivity (Wildman–Crippen MR) is 108 cm³/mol. The average molecular weight is 407 g/mol. The van der Waals surface area contributed by atoms with Crippen molar-refractivity contribution in [3.63, 3.8) is 0 Å². The van der Waals surface area contributed by atoms with Gasteiger partial charge in [0.1, 0.15) is 5.60 Å². The van der Waals surface area contributed by atoms with E-state index in [2.05, 4.69) is 6.58 Å². The zero-order valence-corrected chi connectivity index (χ0v) is 18.4. The average Bonchev–Trinajstić information content (AvgIpc) is 2.64. The third-order valence-corrected chi connectivity index (χ3v) is 7.67. The van der Waals surface area contributed by atoms with Gasteiger partial charge in [-0.3, -0.25) is 9.59 Å². The van der Waals surface area contributed by atoms with E-state index in [0.717, 1.165) is 5.57 Å². The number of hydrogen-bond acceptors (Lipinski definition) is 6. The molecule has 6 heteroatoms. The van der Waals surface area contributed by atoms with Crippen molar-refractivity contribution in [1.29, 1.82) is 0 Å². The SMILES string of the molecule is C=C[C@@]1(C)CC(=O)[C@@]2(O)[C@](C)(O1)[C@@H](OC(=O)CC)C=C1C(C)(C)CC[C@H](O)[C@@]12C. The van der Waals surface area contributed by atoms with Crippen molar-refractivity contribution < 1.29 is 29.3 Å². The van der Waals surface area contributed by atoms with Gasteiger partial charge in [-0.05, 0) is 45.1 Å². The van der Waals surface area contributed by atoms with E-state index in [1.165, 1.54) is 6.08 Å². The second-order valence-corrected chi connectivity index (χ2v) is 10.0. The molecule has 29 heavy (non-hydrogen) atoms. The quantitative estimate of drug-likeness (QED) is 0.553. The summed E-state index contributed by atoms with van der Waals surface area (Å²) in [5.41, 5.74) is -5.59. The molecule has 162 valence electrons. The molecule has 3 rings (SSSR count). The molecule has 1 heterocycles. The Hall–Kier alpha value is -1.50. The third-order valence-electron chi connectivity index (χ3n) is 7.67. The molecule has 0 radical (unpaired) electrons. The molecule has 0 amide bonds. The topological polar surface area (TPSA) is 93.1 Å². The first-order chi connectivity index (χ1) is 13.2. The van der Waals surface area contributed by atoms with Crippen molar-refractivity contribution in [2.45, 2.75) is 96.2 Å². The van der Waals surface area contributed by atoms with Crippen molar-refractivity contribution in [3.8, 4) is 0 Å². The summed E-state index contributed by atoms with van der Waals surface area (Å²) in [6.45, 7) is 14.6. The van der Waals surface area contributed by atoms with Gasteiger partial charge in [-0.15, -0.1) is 6.58 Å². The minimum atomic E-state index is -2.07. The van der Waals surface area contributed by atoms with Gasteiger partial charge in [0.05, 0.1) is 17.1 Å². The van der Waals surface area contributed by atoms with Gasteiger partial charge in [-0.1, -0.05) is 32.4 Å². The van der Waals surface area contributed by atoms with E-state index >= 15 is 0 Å². The van der Waals surface area contributed by atoms with E-state index < -0.39 is 46.2 Å². The minimum absolute atomic E-state index is 0.0763. The summed E-state index contributed by atoms with van der Waals surface area (Å²) < 4.78 is 12.1. The third kappa shape index (κ3) is 2.72.